The molecular weight excluding hydrogens is 228 g/mol. The van der Waals surface area contributed by atoms with Gasteiger partial charge in [-0.2, -0.15) is 0 Å². The van der Waals surface area contributed by atoms with Gasteiger partial charge in [-0.3, -0.25) is 0 Å². The van der Waals surface area contributed by atoms with E-state index in [0.717, 1.165) is 10.9 Å². The number of rotatable bonds is 0. The Bertz CT molecular complexity index is 291. The summed E-state index contributed by atoms with van der Waals surface area (Å²) in [7, 11) is 0. The Morgan fingerprint density at radius 2 is 1.47 bits per heavy atom. The molecule has 0 unspecified atom stereocenters. The predicted molar refractivity (Wildman–Crippen MR) is 77.5 cm³/mol. The predicted octanol–water partition coefficient (Wildman–Crippen LogP) is 5.95. The Morgan fingerprint density at radius 1 is 0.941 bits per heavy atom. The molecule has 1 fully saturated rings. The zero-order valence-electron chi connectivity index (χ0n) is 11.4. The zero-order chi connectivity index (χ0) is 12.7. The average Bonchev–Trinajstić information content (AvgIpc) is 2.31. The van der Waals surface area contributed by atoms with Crippen LogP contribution in [0.5, 0.6) is 0 Å². The smallest absolute Gasteiger partial charge is 0.0405 e. The minimum atomic E-state index is 0.570. The summed E-state index contributed by atoms with van der Waals surface area (Å²) in [5.41, 5.74) is 0.570. The standard InChI is InChI=1S/C10H20.C6H5Cl/c1-10(2,3)9-7-5-4-6-8-9;7-6-4-2-1-3-5-6/h9H,4-8H2,1-3H3;1-5H. The van der Waals surface area contributed by atoms with Crippen molar-refractivity contribution in [2.75, 3.05) is 0 Å². The van der Waals surface area contributed by atoms with Crippen molar-refractivity contribution in [1.29, 1.82) is 0 Å². The molecule has 0 spiro atoms. The van der Waals surface area contributed by atoms with Crippen molar-refractivity contribution in [3.63, 3.8) is 0 Å². The maximum absolute atomic E-state index is 5.54. The van der Waals surface area contributed by atoms with Crippen molar-refractivity contribution >= 4 is 11.6 Å². The molecule has 0 nitrogen and oxygen atoms in total. The summed E-state index contributed by atoms with van der Waals surface area (Å²) in [5.74, 6) is 1.00. The first-order valence-electron chi connectivity index (χ1n) is 6.70. The van der Waals surface area contributed by atoms with Gasteiger partial charge < -0.3 is 0 Å². The maximum atomic E-state index is 5.54. The Morgan fingerprint density at radius 3 is 1.76 bits per heavy atom. The molecule has 0 amide bonds. The van der Waals surface area contributed by atoms with Crippen LogP contribution >= 0.6 is 11.6 Å². The van der Waals surface area contributed by atoms with Gasteiger partial charge >= 0.3 is 0 Å². The Kier molecular flexibility index (Phi) is 6.05. The second kappa shape index (κ2) is 7.06. The molecule has 0 N–H and O–H groups in total. The third-order valence-corrected chi connectivity index (χ3v) is 3.82. The lowest BCUT2D eigenvalue weighted by Gasteiger charge is -2.33. The Labute approximate surface area is 111 Å². The largest absolute Gasteiger partial charge is 0.0843 e. The van der Waals surface area contributed by atoms with Crippen molar-refractivity contribution in [2.45, 2.75) is 52.9 Å². The summed E-state index contributed by atoms with van der Waals surface area (Å²) < 4.78 is 0. The molecule has 2 rings (SSSR count). The van der Waals surface area contributed by atoms with E-state index in [1.807, 2.05) is 30.3 Å². The minimum absolute atomic E-state index is 0.570. The van der Waals surface area contributed by atoms with E-state index in [1.54, 1.807) is 0 Å². The molecule has 96 valence electrons. The fourth-order valence-corrected chi connectivity index (χ4v) is 2.53. The molecule has 0 heterocycles. The molecule has 0 aromatic heterocycles. The summed E-state index contributed by atoms with van der Waals surface area (Å²) in [6.07, 6.45) is 7.38. The molecule has 1 aromatic carbocycles. The van der Waals surface area contributed by atoms with Crippen molar-refractivity contribution in [3.05, 3.63) is 35.4 Å². The third kappa shape index (κ3) is 6.12. The van der Waals surface area contributed by atoms with Gasteiger partial charge in [0.25, 0.3) is 0 Å². The van der Waals surface area contributed by atoms with Gasteiger partial charge in [-0.15, -0.1) is 0 Å². The van der Waals surface area contributed by atoms with Crippen molar-refractivity contribution in [2.24, 2.45) is 11.3 Å². The normalized spacial score (nSPS) is 17.2. The highest BCUT2D eigenvalue weighted by atomic mass is 35.5. The topological polar surface area (TPSA) is 0 Å². The molecule has 0 aliphatic heterocycles. The van der Waals surface area contributed by atoms with Crippen LogP contribution in [-0.2, 0) is 0 Å². The van der Waals surface area contributed by atoms with Crippen LogP contribution in [0.1, 0.15) is 52.9 Å². The molecule has 0 atom stereocenters. The van der Waals surface area contributed by atoms with E-state index in [9.17, 15) is 0 Å². The molecule has 0 radical (unpaired) electrons. The van der Waals surface area contributed by atoms with Crippen LogP contribution in [0.25, 0.3) is 0 Å². The highest BCUT2D eigenvalue weighted by Crippen LogP contribution is 2.37. The fraction of sp³-hybridized carbons (Fsp3) is 0.625. The lowest BCUT2D eigenvalue weighted by molar-refractivity contribution is 0.180. The zero-order valence-corrected chi connectivity index (χ0v) is 12.1. The number of benzene rings is 1. The van der Waals surface area contributed by atoms with Crippen molar-refractivity contribution in [1.82, 2.24) is 0 Å². The first-order chi connectivity index (χ1) is 8.00. The van der Waals surface area contributed by atoms with Gasteiger partial charge in [-0.25, -0.2) is 0 Å². The summed E-state index contributed by atoms with van der Waals surface area (Å²) in [6, 6.07) is 9.44. The summed E-state index contributed by atoms with van der Waals surface area (Å²) in [5, 5.41) is 0.794. The molecule has 1 aliphatic carbocycles. The summed E-state index contributed by atoms with van der Waals surface area (Å²) in [6.45, 7) is 7.13. The SMILES string of the molecule is CC(C)(C)C1CCCCC1.Clc1ccccc1. The Balaban J connectivity index is 0.000000181. The first kappa shape index (κ1) is 14.6. The second-order valence-corrected chi connectivity index (χ2v) is 6.43. The van der Waals surface area contributed by atoms with Gasteiger partial charge in [0.1, 0.15) is 0 Å². The summed E-state index contributed by atoms with van der Waals surface area (Å²) >= 11 is 5.54. The van der Waals surface area contributed by atoms with E-state index in [-0.39, 0.29) is 0 Å². The average molecular weight is 253 g/mol. The number of hydrogen-bond donors (Lipinski definition) is 0. The maximum Gasteiger partial charge on any atom is 0.0405 e. The lowest BCUT2D eigenvalue weighted by atomic mass is 9.72. The number of hydrogen-bond acceptors (Lipinski definition) is 0. The minimum Gasteiger partial charge on any atom is -0.0843 e. The van der Waals surface area contributed by atoms with E-state index in [2.05, 4.69) is 20.8 Å². The van der Waals surface area contributed by atoms with Crippen LogP contribution in [-0.4, -0.2) is 0 Å². The lowest BCUT2D eigenvalue weighted by Crippen LogP contribution is -2.22. The van der Waals surface area contributed by atoms with Crippen LogP contribution in [0.15, 0.2) is 30.3 Å². The third-order valence-electron chi connectivity index (χ3n) is 3.56. The van der Waals surface area contributed by atoms with Gasteiger partial charge in [0.15, 0.2) is 0 Å². The van der Waals surface area contributed by atoms with Crippen molar-refractivity contribution < 1.29 is 0 Å². The van der Waals surface area contributed by atoms with Crippen LogP contribution in [0.3, 0.4) is 0 Å². The van der Waals surface area contributed by atoms with E-state index in [4.69, 9.17) is 11.6 Å². The quantitative estimate of drug-likeness (QED) is 0.535. The van der Waals surface area contributed by atoms with Gasteiger partial charge in [-0.1, -0.05) is 69.8 Å². The van der Waals surface area contributed by atoms with Gasteiger partial charge in [0.2, 0.25) is 0 Å². The highest BCUT2D eigenvalue weighted by Gasteiger charge is 2.25. The van der Waals surface area contributed by atoms with Crippen LogP contribution in [0, 0.1) is 11.3 Å². The van der Waals surface area contributed by atoms with E-state index in [1.165, 1.54) is 32.1 Å². The molecule has 0 bridgehead atoms. The van der Waals surface area contributed by atoms with Crippen LogP contribution in [0.4, 0.5) is 0 Å². The second-order valence-electron chi connectivity index (χ2n) is 6.00. The van der Waals surface area contributed by atoms with Gasteiger partial charge in [0, 0.05) is 5.02 Å². The summed E-state index contributed by atoms with van der Waals surface area (Å²) in [4.78, 5) is 0. The van der Waals surface area contributed by atoms with Gasteiger partial charge in [0.05, 0.1) is 0 Å². The van der Waals surface area contributed by atoms with Gasteiger partial charge in [-0.05, 0) is 36.3 Å². The fourth-order valence-electron chi connectivity index (χ4n) is 2.38. The molecule has 1 aromatic rings. The first-order valence-corrected chi connectivity index (χ1v) is 7.08. The molecule has 0 saturated heterocycles. The monoisotopic (exact) mass is 252 g/mol. The molecule has 1 saturated carbocycles. The van der Waals surface area contributed by atoms with E-state index in [0.29, 0.717) is 5.41 Å². The van der Waals surface area contributed by atoms with Crippen LogP contribution in [0.2, 0.25) is 5.02 Å². The molecule has 17 heavy (non-hydrogen) atoms. The highest BCUT2D eigenvalue weighted by molar-refractivity contribution is 6.30. The molecular formula is C16H25Cl. The molecule has 1 heteroatoms. The van der Waals surface area contributed by atoms with Crippen molar-refractivity contribution in [3.8, 4) is 0 Å². The molecule has 1 aliphatic rings. The van der Waals surface area contributed by atoms with Crippen LogP contribution < -0.4 is 0 Å². The van der Waals surface area contributed by atoms with E-state index >= 15 is 0 Å². The Hall–Kier alpha value is -0.490. The number of halogens is 1. The van der Waals surface area contributed by atoms with E-state index < -0.39 is 0 Å².